The molecule has 0 aliphatic heterocycles. The SMILES string of the molecule is C[C@@H](Oc1ccc(Cl)cc1)C(=O)Nc1ccccc1C(=O)NC(C)(C)C. The molecule has 2 aromatic carbocycles. The number of halogens is 1. The van der Waals surface area contributed by atoms with Gasteiger partial charge in [0.1, 0.15) is 5.75 Å². The lowest BCUT2D eigenvalue weighted by Crippen LogP contribution is -2.41. The fourth-order valence-electron chi connectivity index (χ4n) is 2.20. The van der Waals surface area contributed by atoms with Crippen molar-refractivity contribution >= 4 is 29.1 Å². The third kappa shape index (κ3) is 5.77. The van der Waals surface area contributed by atoms with Gasteiger partial charge < -0.3 is 15.4 Å². The maximum atomic E-state index is 12.4. The molecule has 2 rings (SSSR count). The molecule has 0 saturated carbocycles. The predicted octanol–water partition coefficient (Wildman–Crippen LogP) is 4.27. The van der Waals surface area contributed by atoms with E-state index in [2.05, 4.69) is 10.6 Å². The van der Waals surface area contributed by atoms with Gasteiger partial charge in [-0.15, -0.1) is 0 Å². The van der Waals surface area contributed by atoms with Crippen molar-refractivity contribution in [2.75, 3.05) is 5.32 Å². The second kappa shape index (κ2) is 8.23. The van der Waals surface area contributed by atoms with Crippen molar-refractivity contribution < 1.29 is 14.3 Å². The molecule has 0 bridgehead atoms. The van der Waals surface area contributed by atoms with E-state index in [9.17, 15) is 9.59 Å². The lowest BCUT2D eigenvalue weighted by molar-refractivity contribution is -0.122. The normalized spacial score (nSPS) is 12.2. The molecule has 0 spiro atoms. The molecule has 6 heteroatoms. The summed E-state index contributed by atoms with van der Waals surface area (Å²) in [6, 6.07) is 13.6. The lowest BCUT2D eigenvalue weighted by Gasteiger charge is -2.22. The molecule has 0 unspecified atom stereocenters. The monoisotopic (exact) mass is 374 g/mol. The van der Waals surface area contributed by atoms with Crippen LogP contribution < -0.4 is 15.4 Å². The number of anilines is 1. The Kier molecular flexibility index (Phi) is 6.27. The van der Waals surface area contributed by atoms with Crippen molar-refractivity contribution in [3.05, 3.63) is 59.1 Å². The van der Waals surface area contributed by atoms with Gasteiger partial charge in [0.25, 0.3) is 11.8 Å². The summed E-state index contributed by atoms with van der Waals surface area (Å²) in [6.07, 6.45) is -0.741. The van der Waals surface area contributed by atoms with Crippen molar-refractivity contribution in [3.63, 3.8) is 0 Å². The van der Waals surface area contributed by atoms with Crippen LogP contribution in [0.15, 0.2) is 48.5 Å². The molecule has 0 heterocycles. The molecule has 2 aromatic rings. The lowest BCUT2D eigenvalue weighted by atomic mass is 10.1. The van der Waals surface area contributed by atoms with Crippen molar-refractivity contribution in [1.82, 2.24) is 5.32 Å². The number of rotatable bonds is 5. The molecule has 0 radical (unpaired) electrons. The summed E-state index contributed by atoms with van der Waals surface area (Å²) in [5.74, 6) is -0.0635. The first-order valence-electron chi connectivity index (χ1n) is 8.30. The van der Waals surface area contributed by atoms with Gasteiger partial charge in [0, 0.05) is 10.6 Å². The molecule has 0 fully saturated rings. The largest absolute Gasteiger partial charge is 0.481 e. The maximum absolute atomic E-state index is 12.4. The second-order valence-electron chi connectivity index (χ2n) is 6.95. The van der Waals surface area contributed by atoms with E-state index in [-0.39, 0.29) is 17.4 Å². The first-order chi connectivity index (χ1) is 12.2. The van der Waals surface area contributed by atoms with E-state index in [1.54, 1.807) is 55.5 Å². The maximum Gasteiger partial charge on any atom is 0.265 e. The quantitative estimate of drug-likeness (QED) is 0.821. The molecule has 0 aromatic heterocycles. The minimum absolute atomic E-state index is 0.250. The summed E-state index contributed by atoms with van der Waals surface area (Å²) < 4.78 is 5.61. The van der Waals surface area contributed by atoms with E-state index in [4.69, 9.17) is 16.3 Å². The van der Waals surface area contributed by atoms with Crippen molar-refractivity contribution in [3.8, 4) is 5.75 Å². The van der Waals surface area contributed by atoms with Gasteiger partial charge in [-0.1, -0.05) is 23.7 Å². The predicted molar refractivity (Wildman–Crippen MR) is 104 cm³/mol. The Balaban J connectivity index is 2.08. The molecule has 0 saturated heterocycles. The van der Waals surface area contributed by atoms with E-state index in [0.29, 0.717) is 22.0 Å². The van der Waals surface area contributed by atoms with E-state index in [1.165, 1.54) is 0 Å². The van der Waals surface area contributed by atoms with Gasteiger partial charge in [0.05, 0.1) is 11.3 Å². The molecule has 1 atom stereocenters. The van der Waals surface area contributed by atoms with Crippen molar-refractivity contribution in [2.45, 2.75) is 39.3 Å². The van der Waals surface area contributed by atoms with Gasteiger partial charge in [0.15, 0.2) is 6.10 Å². The Labute approximate surface area is 158 Å². The summed E-state index contributed by atoms with van der Waals surface area (Å²) in [4.78, 5) is 24.9. The highest BCUT2D eigenvalue weighted by Crippen LogP contribution is 2.19. The fraction of sp³-hybridized carbons (Fsp3) is 0.300. The minimum atomic E-state index is -0.741. The van der Waals surface area contributed by atoms with Crippen LogP contribution in [0, 0.1) is 0 Å². The Hall–Kier alpha value is -2.53. The number of hydrogen-bond donors (Lipinski definition) is 2. The van der Waals surface area contributed by atoms with Gasteiger partial charge in [-0.25, -0.2) is 0 Å². The third-order valence-corrected chi connectivity index (χ3v) is 3.67. The van der Waals surface area contributed by atoms with E-state index in [1.807, 2.05) is 20.8 Å². The molecule has 0 aliphatic carbocycles. The number of hydrogen-bond acceptors (Lipinski definition) is 3. The van der Waals surface area contributed by atoms with Crippen LogP contribution in [-0.2, 0) is 4.79 Å². The van der Waals surface area contributed by atoms with E-state index >= 15 is 0 Å². The zero-order chi connectivity index (χ0) is 19.3. The summed E-state index contributed by atoms with van der Waals surface area (Å²) >= 11 is 5.84. The Bertz CT molecular complexity index is 782. The van der Waals surface area contributed by atoms with Crippen LogP contribution in [0.5, 0.6) is 5.75 Å². The molecule has 5 nitrogen and oxygen atoms in total. The molecular formula is C20H23ClN2O3. The number of carbonyl (C=O) groups is 2. The summed E-state index contributed by atoms with van der Waals surface area (Å²) in [7, 11) is 0. The van der Waals surface area contributed by atoms with E-state index in [0.717, 1.165) is 0 Å². The van der Waals surface area contributed by atoms with E-state index < -0.39 is 6.10 Å². The highest BCUT2D eigenvalue weighted by atomic mass is 35.5. The van der Waals surface area contributed by atoms with Gasteiger partial charge in [-0.2, -0.15) is 0 Å². The summed E-state index contributed by atoms with van der Waals surface area (Å²) in [5.41, 5.74) is 0.458. The van der Waals surface area contributed by atoms with Gasteiger partial charge in [-0.05, 0) is 64.1 Å². The van der Waals surface area contributed by atoms with Gasteiger partial charge in [0.2, 0.25) is 0 Å². The average molecular weight is 375 g/mol. The molecular weight excluding hydrogens is 352 g/mol. The van der Waals surface area contributed by atoms with Crippen molar-refractivity contribution in [2.24, 2.45) is 0 Å². The van der Waals surface area contributed by atoms with Crippen LogP contribution in [0.1, 0.15) is 38.1 Å². The fourth-order valence-corrected chi connectivity index (χ4v) is 2.33. The topological polar surface area (TPSA) is 67.4 Å². The summed E-state index contributed by atoms with van der Waals surface area (Å²) in [5, 5.41) is 6.24. The second-order valence-corrected chi connectivity index (χ2v) is 7.39. The first kappa shape index (κ1) is 19.8. The number of nitrogens with one attached hydrogen (secondary N) is 2. The highest BCUT2D eigenvalue weighted by molar-refractivity contribution is 6.30. The standard InChI is InChI=1S/C20H23ClN2O3/c1-13(26-15-11-9-14(21)10-12-15)18(24)22-17-8-6-5-7-16(17)19(25)23-20(2,3)4/h5-13H,1-4H3,(H,22,24)(H,23,25)/t13-/m1/s1. The number of para-hydroxylation sites is 1. The van der Waals surface area contributed by atoms with Gasteiger partial charge >= 0.3 is 0 Å². The number of carbonyl (C=O) groups excluding carboxylic acids is 2. The average Bonchev–Trinajstić information content (AvgIpc) is 2.55. The number of amides is 2. The third-order valence-electron chi connectivity index (χ3n) is 3.41. The minimum Gasteiger partial charge on any atom is -0.481 e. The molecule has 2 amide bonds. The summed E-state index contributed by atoms with van der Waals surface area (Å²) in [6.45, 7) is 7.33. The van der Waals surface area contributed by atoms with Crippen LogP contribution in [0.25, 0.3) is 0 Å². The first-order valence-corrected chi connectivity index (χ1v) is 8.68. The molecule has 26 heavy (non-hydrogen) atoms. The highest BCUT2D eigenvalue weighted by Gasteiger charge is 2.21. The van der Waals surface area contributed by atoms with Crippen LogP contribution in [0.3, 0.4) is 0 Å². The Morgan fingerprint density at radius 3 is 2.27 bits per heavy atom. The Morgan fingerprint density at radius 2 is 1.65 bits per heavy atom. The van der Waals surface area contributed by atoms with Crippen LogP contribution in [0.2, 0.25) is 5.02 Å². The van der Waals surface area contributed by atoms with Gasteiger partial charge in [-0.3, -0.25) is 9.59 Å². The molecule has 138 valence electrons. The number of ether oxygens (including phenoxy) is 1. The van der Waals surface area contributed by atoms with Crippen LogP contribution in [-0.4, -0.2) is 23.5 Å². The Morgan fingerprint density at radius 1 is 1.04 bits per heavy atom. The van der Waals surface area contributed by atoms with Crippen LogP contribution >= 0.6 is 11.6 Å². The molecule has 2 N–H and O–H groups in total. The van der Waals surface area contributed by atoms with Crippen molar-refractivity contribution in [1.29, 1.82) is 0 Å². The van der Waals surface area contributed by atoms with Crippen LogP contribution in [0.4, 0.5) is 5.69 Å². The zero-order valence-corrected chi connectivity index (χ0v) is 16.1. The zero-order valence-electron chi connectivity index (χ0n) is 15.3. The smallest absolute Gasteiger partial charge is 0.265 e. The number of benzene rings is 2. The molecule has 0 aliphatic rings.